The van der Waals surface area contributed by atoms with E-state index in [1.165, 1.54) is 5.56 Å². The van der Waals surface area contributed by atoms with Crippen LogP contribution in [0, 0.1) is 5.92 Å². The Labute approximate surface area is 120 Å². The normalized spacial score (nSPS) is 18.5. The highest BCUT2D eigenvalue weighted by molar-refractivity contribution is 5.92. The van der Waals surface area contributed by atoms with Crippen molar-refractivity contribution in [1.82, 2.24) is 5.32 Å². The zero-order chi connectivity index (χ0) is 12.8. The summed E-state index contributed by atoms with van der Waals surface area (Å²) in [6, 6.07) is 7.91. The molecule has 1 unspecified atom stereocenters. The summed E-state index contributed by atoms with van der Waals surface area (Å²) in [7, 11) is 1.92. The molecule has 1 aliphatic heterocycles. The SMILES string of the molecule is CNCc1ccc(NC(=O)C2CCCOC2)cc1.Cl. The quantitative estimate of drug-likeness (QED) is 0.891. The number of hydrogen-bond acceptors (Lipinski definition) is 3. The molecular weight excluding hydrogens is 264 g/mol. The lowest BCUT2D eigenvalue weighted by molar-refractivity contribution is -0.123. The van der Waals surface area contributed by atoms with Gasteiger partial charge in [0.05, 0.1) is 12.5 Å². The number of ether oxygens (including phenoxy) is 1. The van der Waals surface area contributed by atoms with Crippen LogP contribution >= 0.6 is 12.4 Å². The molecule has 0 spiro atoms. The van der Waals surface area contributed by atoms with Crippen LogP contribution in [0.25, 0.3) is 0 Å². The number of anilines is 1. The first-order valence-electron chi connectivity index (χ1n) is 6.42. The molecule has 1 aromatic carbocycles. The number of amides is 1. The number of carbonyl (C=O) groups is 1. The Hall–Kier alpha value is -1.10. The molecule has 1 heterocycles. The second-order valence-electron chi connectivity index (χ2n) is 4.63. The average molecular weight is 285 g/mol. The maximum absolute atomic E-state index is 12.0. The van der Waals surface area contributed by atoms with Crippen LogP contribution < -0.4 is 10.6 Å². The lowest BCUT2D eigenvalue weighted by atomic mass is 10.0. The van der Waals surface area contributed by atoms with Gasteiger partial charge in [0.1, 0.15) is 0 Å². The first-order valence-corrected chi connectivity index (χ1v) is 6.42. The van der Waals surface area contributed by atoms with Gasteiger partial charge in [-0.2, -0.15) is 0 Å². The number of rotatable bonds is 4. The summed E-state index contributed by atoms with van der Waals surface area (Å²) >= 11 is 0. The van der Waals surface area contributed by atoms with Crippen molar-refractivity contribution >= 4 is 24.0 Å². The van der Waals surface area contributed by atoms with E-state index in [4.69, 9.17) is 4.74 Å². The maximum Gasteiger partial charge on any atom is 0.229 e. The molecule has 0 bridgehead atoms. The number of hydrogen-bond donors (Lipinski definition) is 2. The van der Waals surface area contributed by atoms with Crippen LogP contribution in [0.1, 0.15) is 18.4 Å². The predicted molar refractivity (Wildman–Crippen MR) is 78.6 cm³/mol. The second-order valence-corrected chi connectivity index (χ2v) is 4.63. The highest BCUT2D eigenvalue weighted by Gasteiger charge is 2.21. The zero-order valence-electron chi connectivity index (χ0n) is 11.1. The van der Waals surface area contributed by atoms with Crippen LogP contribution in [0.4, 0.5) is 5.69 Å². The minimum Gasteiger partial charge on any atom is -0.381 e. The van der Waals surface area contributed by atoms with Crippen LogP contribution in [0.3, 0.4) is 0 Å². The fourth-order valence-electron chi connectivity index (χ4n) is 2.10. The van der Waals surface area contributed by atoms with Crippen LogP contribution in [0.5, 0.6) is 0 Å². The first kappa shape index (κ1) is 16.0. The standard InChI is InChI=1S/C14H20N2O2.ClH/c1-15-9-11-4-6-13(7-5-11)16-14(17)12-3-2-8-18-10-12;/h4-7,12,15H,2-3,8-10H2,1H3,(H,16,17);1H. The van der Waals surface area contributed by atoms with E-state index in [1.807, 2.05) is 31.3 Å². The number of nitrogens with one attached hydrogen (secondary N) is 2. The predicted octanol–water partition coefficient (Wildman–Crippen LogP) is 2.19. The minimum absolute atomic E-state index is 0. The highest BCUT2D eigenvalue weighted by Crippen LogP contribution is 2.17. The molecule has 1 amide bonds. The second kappa shape index (κ2) is 8.15. The fraction of sp³-hybridized carbons (Fsp3) is 0.500. The third-order valence-corrected chi connectivity index (χ3v) is 3.13. The van der Waals surface area contributed by atoms with Crippen molar-refractivity contribution in [3.63, 3.8) is 0 Å². The molecule has 1 aromatic rings. The van der Waals surface area contributed by atoms with Crippen molar-refractivity contribution in [2.24, 2.45) is 5.92 Å². The molecule has 5 heteroatoms. The van der Waals surface area contributed by atoms with E-state index in [0.717, 1.165) is 31.7 Å². The fourth-order valence-corrected chi connectivity index (χ4v) is 2.10. The summed E-state index contributed by atoms with van der Waals surface area (Å²) in [4.78, 5) is 12.0. The molecule has 0 aliphatic carbocycles. The summed E-state index contributed by atoms with van der Waals surface area (Å²) in [6.07, 6.45) is 1.89. The van der Waals surface area contributed by atoms with Crippen LogP contribution in [-0.2, 0) is 16.1 Å². The van der Waals surface area contributed by atoms with Gasteiger partial charge < -0.3 is 15.4 Å². The van der Waals surface area contributed by atoms with Crippen molar-refractivity contribution in [3.05, 3.63) is 29.8 Å². The Morgan fingerprint density at radius 1 is 1.37 bits per heavy atom. The average Bonchev–Trinajstić information content (AvgIpc) is 2.42. The minimum atomic E-state index is -0.00395. The van der Waals surface area contributed by atoms with Crippen molar-refractivity contribution in [2.45, 2.75) is 19.4 Å². The lowest BCUT2D eigenvalue weighted by Crippen LogP contribution is -2.30. The third-order valence-electron chi connectivity index (χ3n) is 3.13. The monoisotopic (exact) mass is 284 g/mol. The van der Waals surface area contributed by atoms with Gasteiger partial charge in [-0.05, 0) is 37.6 Å². The molecule has 1 atom stereocenters. The van der Waals surface area contributed by atoms with Gasteiger partial charge in [-0.1, -0.05) is 12.1 Å². The molecule has 1 aliphatic rings. The highest BCUT2D eigenvalue weighted by atomic mass is 35.5. The molecule has 1 saturated heterocycles. The van der Waals surface area contributed by atoms with E-state index in [0.29, 0.717) is 6.61 Å². The number of halogens is 1. The summed E-state index contributed by atoms with van der Waals surface area (Å²) in [5, 5.41) is 6.03. The van der Waals surface area contributed by atoms with Crippen LogP contribution in [0.15, 0.2) is 24.3 Å². The van der Waals surface area contributed by atoms with Crippen molar-refractivity contribution in [3.8, 4) is 0 Å². The Balaban J connectivity index is 0.00000180. The molecule has 0 aromatic heterocycles. The summed E-state index contributed by atoms with van der Waals surface area (Å²) in [6.45, 7) is 2.16. The van der Waals surface area contributed by atoms with E-state index in [9.17, 15) is 4.79 Å². The Kier molecular flexibility index (Phi) is 6.84. The molecule has 4 nitrogen and oxygen atoms in total. The van der Waals surface area contributed by atoms with Crippen molar-refractivity contribution in [1.29, 1.82) is 0 Å². The van der Waals surface area contributed by atoms with Gasteiger partial charge in [-0.3, -0.25) is 4.79 Å². The maximum atomic E-state index is 12.0. The molecule has 2 rings (SSSR count). The van der Waals surface area contributed by atoms with Gasteiger partial charge in [-0.25, -0.2) is 0 Å². The van der Waals surface area contributed by atoms with E-state index in [2.05, 4.69) is 10.6 Å². The summed E-state index contributed by atoms with van der Waals surface area (Å²) in [5.41, 5.74) is 2.06. The topological polar surface area (TPSA) is 50.4 Å². The van der Waals surface area contributed by atoms with E-state index >= 15 is 0 Å². The Morgan fingerprint density at radius 2 is 2.11 bits per heavy atom. The Bertz CT molecular complexity index is 389. The van der Waals surface area contributed by atoms with Gasteiger partial charge in [-0.15, -0.1) is 12.4 Å². The first-order chi connectivity index (χ1) is 8.79. The molecule has 0 saturated carbocycles. The summed E-state index contributed by atoms with van der Waals surface area (Å²) in [5.74, 6) is 0.0619. The molecule has 19 heavy (non-hydrogen) atoms. The summed E-state index contributed by atoms with van der Waals surface area (Å²) < 4.78 is 5.32. The van der Waals surface area contributed by atoms with Gasteiger partial charge in [0, 0.05) is 18.8 Å². The largest absolute Gasteiger partial charge is 0.381 e. The van der Waals surface area contributed by atoms with Gasteiger partial charge >= 0.3 is 0 Å². The third kappa shape index (κ3) is 4.82. The van der Waals surface area contributed by atoms with Crippen LogP contribution in [0.2, 0.25) is 0 Å². The van der Waals surface area contributed by atoms with Gasteiger partial charge in [0.2, 0.25) is 5.91 Å². The van der Waals surface area contributed by atoms with E-state index in [1.54, 1.807) is 0 Å². The van der Waals surface area contributed by atoms with E-state index < -0.39 is 0 Å². The van der Waals surface area contributed by atoms with Crippen LogP contribution in [-0.4, -0.2) is 26.2 Å². The number of benzene rings is 1. The molecule has 0 radical (unpaired) electrons. The van der Waals surface area contributed by atoms with Crippen molar-refractivity contribution in [2.75, 3.05) is 25.6 Å². The molecule has 1 fully saturated rings. The molecular formula is C14H21ClN2O2. The zero-order valence-corrected chi connectivity index (χ0v) is 12.0. The van der Waals surface area contributed by atoms with Gasteiger partial charge in [0.25, 0.3) is 0 Å². The van der Waals surface area contributed by atoms with E-state index in [-0.39, 0.29) is 24.2 Å². The Morgan fingerprint density at radius 3 is 2.68 bits per heavy atom. The number of carbonyl (C=O) groups excluding carboxylic acids is 1. The van der Waals surface area contributed by atoms with Gasteiger partial charge in [0.15, 0.2) is 0 Å². The lowest BCUT2D eigenvalue weighted by Gasteiger charge is -2.21. The van der Waals surface area contributed by atoms with Crippen molar-refractivity contribution < 1.29 is 9.53 Å². The molecule has 106 valence electrons. The smallest absolute Gasteiger partial charge is 0.229 e. The molecule has 2 N–H and O–H groups in total.